The first kappa shape index (κ1) is 15.6. The van der Waals surface area contributed by atoms with Gasteiger partial charge >= 0.3 is 0 Å². The van der Waals surface area contributed by atoms with Crippen molar-refractivity contribution in [3.05, 3.63) is 60.4 Å². The van der Waals surface area contributed by atoms with Crippen LogP contribution in [0.15, 0.2) is 59.5 Å². The third-order valence-electron chi connectivity index (χ3n) is 3.70. The molecular formula is C16H15FN2O3S. The molecular weight excluding hydrogens is 319 g/mol. The SMILES string of the molecule is O=C1[C@@H](NS(=O)(=O)c2ccccc2F)CCN1c1ccccc1. The molecule has 7 heteroatoms. The Kier molecular flexibility index (Phi) is 4.14. The molecule has 1 fully saturated rings. The predicted octanol–water partition coefficient (Wildman–Crippen LogP) is 1.91. The van der Waals surface area contributed by atoms with Gasteiger partial charge < -0.3 is 4.90 Å². The molecule has 3 rings (SSSR count). The number of nitrogens with zero attached hydrogens (tertiary/aromatic N) is 1. The first-order valence-electron chi connectivity index (χ1n) is 7.12. The number of halogens is 1. The summed E-state index contributed by atoms with van der Waals surface area (Å²) in [6.45, 7) is 0.410. The van der Waals surface area contributed by atoms with Crippen molar-refractivity contribution in [2.45, 2.75) is 17.4 Å². The highest BCUT2D eigenvalue weighted by atomic mass is 32.2. The number of para-hydroxylation sites is 1. The third-order valence-corrected chi connectivity index (χ3v) is 5.20. The Labute approximate surface area is 133 Å². The van der Waals surface area contributed by atoms with Crippen LogP contribution in [0.1, 0.15) is 6.42 Å². The molecule has 0 bridgehead atoms. The fourth-order valence-electron chi connectivity index (χ4n) is 2.57. The molecule has 5 nitrogen and oxygen atoms in total. The van der Waals surface area contributed by atoms with Crippen molar-refractivity contribution in [1.29, 1.82) is 0 Å². The van der Waals surface area contributed by atoms with Crippen molar-refractivity contribution in [2.24, 2.45) is 0 Å². The molecule has 2 aromatic rings. The van der Waals surface area contributed by atoms with E-state index in [1.54, 1.807) is 24.3 Å². The Balaban J connectivity index is 1.79. The number of rotatable bonds is 4. The van der Waals surface area contributed by atoms with Gasteiger partial charge in [-0.15, -0.1) is 0 Å². The highest BCUT2D eigenvalue weighted by Gasteiger charge is 2.36. The monoisotopic (exact) mass is 334 g/mol. The van der Waals surface area contributed by atoms with Crippen LogP contribution < -0.4 is 9.62 Å². The van der Waals surface area contributed by atoms with Crippen molar-refractivity contribution in [3.63, 3.8) is 0 Å². The molecule has 0 saturated carbocycles. The molecule has 0 aromatic heterocycles. The van der Waals surface area contributed by atoms with E-state index in [1.807, 2.05) is 6.07 Å². The molecule has 1 saturated heterocycles. The number of sulfonamides is 1. The van der Waals surface area contributed by atoms with E-state index in [2.05, 4.69) is 4.72 Å². The van der Waals surface area contributed by atoms with E-state index in [0.717, 1.165) is 6.07 Å². The maximum atomic E-state index is 13.7. The number of carbonyl (C=O) groups excluding carboxylic acids is 1. The van der Waals surface area contributed by atoms with E-state index in [4.69, 9.17) is 0 Å². The molecule has 0 aliphatic carbocycles. The highest BCUT2D eigenvalue weighted by Crippen LogP contribution is 2.22. The summed E-state index contributed by atoms with van der Waals surface area (Å²) in [5, 5.41) is 0. The van der Waals surface area contributed by atoms with Crippen LogP contribution in [0.2, 0.25) is 0 Å². The lowest BCUT2D eigenvalue weighted by molar-refractivity contribution is -0.118. The summed E-state index contributed by atoms with van der Waals surface area (Å²) in [5.74, 6) is -1.18. The van der Waals surface area contributed by atoms with Gasteiger partial charge in [0.25, 0.3) is 0 Å². The van der Waals surface area contributed by atoms with E-state index in [0.29, 0.717) is 18.7 Å². The maximum absolute atomic E-state index is 13.7. The maximum Gasteiger partial charge on any atom is 0.245 e. The average molecular weight is 334 g/mol. The van der Waals surface area contributed by atoms with Crippen LogP contribution in [0.3, 0.4) is 0 Å². The summed E-state index contributed by atoms with van der Waals surface area (Å²) in [5.41, 5.74) is 0.713. The first-order chi connectivity index (χ1) is 11.0. The van der Waals surface area contributed by atoms with Crippen LogP contribution in [-0.2, 0) is 14.8 Å². The summed E-state index contributed by atoms with van der Waals surface area (Å²) < 4.78 is 40.5. The molecule has 1 aliphatic rings. The Hall–Kier alpha value is -2.25. The molecule has 120 valence electrons. The quantitative estimate of drug-likeness (QED) is 0.929. The van der Waals surface area contributed by atoms with Crippen molar-refractivity contribution >= 4 is 21.6 Å². The standard InChI is InChI=1S/C16H15FN2O3S/c17-13-8-4-5-9-15(13)23(21,22)18-14-10-11-19(16(14)20)12-6-2-1-3-7-12/h1-9,14,18H,10-11H2/t14-/m0/s1. The zero-order chi connectivity index (χ0) is 16.4. The third kappa shape index (κ3) is 3.11. The fourth-order valence-corrected chi connectivity index (χ4v) is 3.87. The van der Waals surface area contributed by atoms with Gasteiger partial charge in [0.1, 0.15) is 16.8 Å². The largest absolute Gasteiger partial charge is 0.311 e. The lowest BCUT2D eigenvalue weighted by Crippen LogP contribution is -2.41. The molecule has 0 spiro atoms. The van der Waals surface area contributed by atoms with E-state index in [9.17, 15) is 17.6 Å². The normalized spacial score (nSPS) is 18.4. The number of benzene rings is 2. The summed E-state index contributed by atoms with van der Waals surface area (Å²) in [4.78, 5) is 13.5. The van der Waals surface area contributed by atoms with Crippen molar-refractivity contribution in [1.82, 2.24) is 4.72 Å². The van der Waals surface area contributed by atoms with Crippen LogP contribution in [0.4, 0.5) is 10.1 Å². The Morgan fingerprint density at radius 1 is 1.04 bits per heavy atom. The van der Waals surface area contributed by atoms with E-state index in [1.165, 1.54) is 23.1 Å². The number of anilines is 1. The summed E-state index contributed by atoms with van der Waals surface area (Å²) in [7, 11) is -4.09. The zero-order valence-corrected chi connectivity index (χ0v) is 13.0. The first-order valence-corrected chi connectivity index (χ1v) is 8.60. The Morgan fingerprint density at radius 3 is 2.39 bits per heavy atom. The average Bonchev–Trinajstić information content (AvgIpc) is 2.89. The van der Waals surface area contributed by atoms with Crippen LogP contribution >= 0.6 is 0 Å². The van der Waals surface area contributed by atoms with Gasteiger partial charge in [0.2, 0.25) is 15.9 Å². The second-order valence-corrected chi connectivity index (χ2v) is 6.90. The Bertz CT molecular complexity index is 824. The molecule has 1 N–H and O–H groups in total. The fraction of sp³-hybridized carbons (Fsp3) is 0.188. The predicted molar refractivity (Wildman–Crippen MR) is 83.9 cm³/mol. The molecule has 2 aromatic carbocycles. The van der Waals surface area contributed by atoms with Crippen molar-refractivity contribution in [2.75, 3.05) is 11.4 Å². The minimum absolute atomic E-state index is 0.335. The molecule has 1 heterocycles. The van der Waals surface area contributed by atoms with Gasteiger partial charge in [-0.2, -0.15) is 4.72 Å². The molecule has 0 unspecified atom stereocenters. The second-order valence-electron chi connectivity index (χ2n) is 5.22. The number of hydrogen-bond donors (Lipinski definition) is 1. The second kappa shape index (κ2) is 6.10. The molecule has 1 atom stereocenters. The van der Waals surface area contributed by atoms with Crippen LogP contribution in [-0.4, -0.2) is 26.9 Å². The van der Waals surface area contributed by atoms with Crippen LogP contribution in [0, 0.1) is 5.82 Å². The number of carbonyl (C=O) groups is 1. The van der Waals surface area contributed by atoms with E-state index < -0.39 is 26.8 Å². The smallest absolute Gasteiger partial charge is 0.245 e. The van der Waals surface area contributed by atoms with Gasteiger partial charge in [0, 0.05) is 12.2 Å². The van der Waals surface area contributed by atoms with Crippen molar-refractivity contribution < 1.29 is 17.6 Å². The van der Waals surface area contributed by atoms with Gasteiger partial charge in [-0.05, 0) is 30.7 Å². The minimum Gasteiger partial charge on any atom is -0.311 e. The summed E-state index contributed by atoms with van der Waals surface area (Å²) in [6.07, 6.45) is 0.335. The minimum atomic E-state index is -4.09. The number of hydrogen-bond acceptors (Lipinski definition) is 3. The summed E-state index contributed by atoms with van der Waals surface area (Å²) in [6, 6.07) is 13.2. The van der Waals surface area contributed by atoms with Crippen molar-refractivity contribution in [3.8, 4) is 0 Å². The van der Waals surface area contributed by atoms with Gasteiger partial charge in [-0.1, -0.05) is 30.3 Å². The zero-order valence-electron chi connectivity index (χ0n) is 12.1. The number of nitrogens with one attached hydrogen (secondary N) is 1. The van der Waals surface area contributed by atoms with Crippen LogP contribution in [0.5, 0.6) is 0 Å². The molecule has 1 amide bonds. The van der Waals surface area contributed by atoms with Gasteiger partial charge in [0.15, 0.2) is 0 Å². The van der Waals surface area contributed by atoms with Gasteiger partial charge in [0.05, 0.1) is 0 Å². The Morgan fingerprint density at radius 2 is 1.70 bits per heavy atom. The van der Waals surface area contributed by atoms with Gasteiger partial charge in [-0.3, -0.25) is 4.79 Å². The number of amides is 1. The molecule has 23 heavy (non-hydrogen) atoms. The lowest BCUT2D eigenvalue weighted by atomic mass is 10.3. The molecule has 1 aliphatic heterocycles. The van der Waals surface area contributed by atoms with E-state index >= 15 is 0 Å². The van der Waals surface area contributed by atoms with Gasteiger partial charge in [-0.25, -0.2) is 12.8 Å². The lowest BCUT2D eigenvalue weighted by Gasteiger charge is -2.17. The topological polar surface area (TPSA) is 66.5 Å². The van der Waals surface area contributed by atoms with Crippen LogP contribution in [0.25, 0.3) is 0 Å². The van der Waals surface area contributed by atoms with E-state index in [-0.39, 0.29) is 5.91 Å². The molecule has 0 radical (unpaired) electrons. The summed E-state index contributed by atoms with van der Waals surface area (Å²) >= 11 is 0. The highest BCUT2D eigenvalue weighted by molar-refractivity contribution is 7.89.